The van der Waals surface area contributed by atoms with Gasteiger partial charge in [-0.25, -0.2) is 0 Å². The molecule has 0 aliphatic carbocycles. The summed E-state index contributed by atoms with van der Waals surface area (Å²) in [5.41, 5.74) is 1.42. The van der Waals surface area contributed by atoms with Gasteiger partial charge in [-0.3, -0.25) is 4.90 Å². The summed E-state index contributed by atoms with van der Waals surface area (Å²) < 4.78 is 5.70. The molecule has 1 aliphatic rings. The predicted octanol–water partition coefficient (Wildman–Crippen LogP) is 1.08. The highest BCUT2D eigenvalue weighted by Crippen LogP contribution is 2.07. The Morgan fingerprint density at radius 1 is 1.24 bits per heavy atom. The number of nitrogens with one attached hydrogen (secondary N) is 1. The number of benzene rings is 1. The lowest BCUT2D eigenvalue weighted by Gasteiger charge is -2.33. The van der Waals surface area contributed by atoms with Gasteiger partial charge in [-0.1, -0.05) is 30.3 Å². The zero-order chi connectivity index (χ0) is 14.9. The molecule has 1 fully saturated rings. The fourth-order valence-electron chi connectivity index (χ4n) is 2.68. The first-order chi connectivity index (χ1) is 10.2. The second-order valence-electron chi connectivity index (χ2n) is 6.06. The molecule has 1 aromatic carbocycles. The van der Waals surface area contributed by atoms with E-state index < -0.39 is 0 Å². The largest absolute Gasteiger partial charge is 0.379 e. The van der Waals surface area contributed by atoms with Crippen LogP contribution in [0.5, 0.6) is 0 Å². The number of likely N-dealkylation sites (N-methyl/N-ethyl adjacent to an activating group) is 1. The van der Waals surface area contributed by atoms with Gasteiger partial charge < -0.3 is 15.0 Å². The number of piperazine rings is 1. The Morgan fingerprint density at radius 3 is 2.81 bits per heavy atom. The van der Waals surface area contributed by atoms with E-state index in [-0.39, 0.29) is 0 Å². The van der Waals surface area contributed by atoms with Crippen LogP contribution in [-0.4, -0.2) is 75.9 Å². The normalized spacial score (nSPS) is 20.0. The van der Waals surface area contributed by atoms with E-state index in [2.05, 4.69) is 59.5 Å². The van der Waals surface area contributed by atoms with Crippen LogP contribution in [-0.2, 0) is 11.2 Å². The monoisotopic (exact) mass is 291 g/mol. The Labute approximate surface area is 129 Å². The number of nitrogens with zero attached hydrogens (tertiary/aromatic N) is 2. The van der Waals surface area contributed by atoms with Crippen molar-refractivity contribution in [2.75, 3.05) is 60.0 Å². The van der Waals surface area contributed by atoms with Crippen molar-refractivity contribution in [2.45, 2.75) is 12.5 Å². The Hall–Kier alpha value is -0.940. The summed E-state index contributed by atoms with van der Waals surface area (Å²) in [5.74, 6) is 0. The second kappa shape index (κ2) is 9.15. The predicted molar refractivity (Wildman–Crippen MR) is 87.7 cm³/mol. The van der Waals surface area contributed by atoms with Gasteiger partial charge in [-0.2, -0.15) is 0 Å². The molecule has 1 aliphatic heterocycles. The van der Waals surface area contributed by atoms with Crippen molar-refractivity contribution in [3.8, 4) is 0 Å². The molecule has 1 N–H and O–H groups in total. The molecule has 0 spiro atoms. The first-order valence-electron chi connectivity index (χ1n) is 7.96. The maximum Gasteiger partial charge on any atom is 0.0594 e. The van der Waals surface area contributed by atoms with Crippen LogP contribution >= 0.6 is 0 Å². The summed E-state index contributed by atoms with van der Waals surface area (Å²) >= 11 is 0. The summed E-state index contributed by atoms with van der Waals surface area (Å²) in [6.45, 7) is 7.03. The van der Waals surface area contributed by atoms with Gasteiger partial charge in [0.2, 0.25) is 0 Å². The van der Waals surface area contributed by atoms with E-state index >= 15 is 0 Å². The third-order valence-electron chi connectivity index (χ3n) is 3.90. The number of ether oxygens (including phenoxy) is 1. The van der Waals surface area contributed by atoms with Crippen LogP contribution < -0.4 is 5.32 Å². The Bertz CT molecular complexity index is 383. The van der Waals surface area contributed by atoms with Crippen LogP contribution in [0, 0.1) is 0 Å². The third kappa shape index (κ3) is 6.57. The second-order valence-corrected chi connectivity index (χ2v) is 6.06. The van der Waals surface area contributed by atoms with Crippen molar-refractivity contribution in [3.05, 3.63) is 35.9 Å². The standard InChI is InChI=1S/C17H29N3O/c1-19(2)10-12-21-13-11-20-9-8-18-17(15-20)14-16-6-4-3-5-7-16/h3-7,17-18H,8-15H2,1-2H3. The summed E-state index contributed by atoms with van der Waals surface area (Å²) in [4.78, 5) is 4.67. The minimum atomic E-state index is 0.558. The minimum Gasteiger partial charge on any atom is -0.379 e. The molecule has 4 nitrogen and oxygen atoms in total. The van der Waals surface area contributed by atoms with Crippen LogP contribution in [0.3, 0.4) is 0 Å². The summed E-state index contributed by atoms with van der Waals surface area (Å²) in [7, 11) is 4.15. The van der Waals surface area contributed by atoms with Crippen molar-refractivity contribution in [2.24, 2.45) is 0 Å². The van der Waals surface area contributed by atoms with E-state index in [1.807, 2.05) is 0 Å². The van der Waals surface area contributed by atoms with E-state index in [0.29, 0.717) is 6.04 Å². The Morgan fingerprint density at radius 2 is 2.05 bits per heavy atom. The van der Waals surface area contributed by atoms with Crippen LogP contribution in [0.25, 0.3) is 0 Å². The van der Waals surface area contributed by atoms with Gasteiger partial charge in [0.05, 0.1) is 13.2 Å². The maximum absolute atomic E-state index is 5.70. The van der Waals surface area contributed by atoms with Gasteiger partial charge in [0.1, 0.15) is 0 Å². The summed E-state index contributed by atoms with van der Waals surface area (Å²) in [5, 5.41) is 3.62. The van der Waals surface area contributed by atoms with Crippen molar-refractivity contribution in [1.29, 1.82) is 0 Å². The van der Waals surface area contributed by atoms with Gasteiger partial charge in [0, 0.05) is 38.8 Å². The number of hydrogen-bond donors (Lipinski definition) is 1. The lowest BCUT2D eigenvalue weighted by molar-refractivity contribution is 0.0826. The van der Waals surface area contributed by atoms with Gasteiger partial charge in [0.15, 0.2) is 0 Å². The Kier molecular flexibility index (Phi) is 7.16. The first kappa shape index (κ1) is 16.4. The highest BCUT2D eigenvalue weighted by atomic mass is 16.5. The summed E-state index contributed by atoms with van der Waals surface area (Å²) in [6.07, 6.45) is 1.11. The van der Waals surface area contributed by atoms with E-state index in [1.165, 1.54) is 5.56 Å². The van der Waals surface area contributed by atoms with E-state index in [1.54, 1.807) is 0 Å². The summed E-state index contributed by atoms with van der Waals surface area (Å²) in [6, 6.07) is 11.3. The molecule has 1 heterocycles. The SMILES string of the molecule is CN(C)CCOCCN1CCNC(Cc2ccccc2)C1. The molecule has 21 heavy (non-hydrogen) atoms. The molecule has 0 saturated carbocycles. The third-order valence-corrected chi connectivity index (χ3v) is 3.90. The molecule has 0 bridgehead atoms. The van der Waals surface area contributed by atoms with Crippen LogP contribution in [0.15, 0.2) is 30.3 Å². The highest BCUT2D eigenvalue weighted by molar-refractivity contribution is 5.16. The average molecular weight is 291 g/mol. The zero-order valence-corrected chi connectivity index (χ0v) is 13.4. The van der Waals surface area contributed by atoms with Crippen LogP contribution in [0.2, 0.25) is 0 Å². The molecule has 0 amide bonds. The van der Waals surface area contributed by atoms with Crippen LogP contribution in [0.4, 0.5) is 0 Å². The van der Waals surface area contributed by atoms with Crippen LogP contribution in [0.1, 0.15) is 5.56 Å². The molecule has 4 heteroatoms. The fourth-order valence-corrected chi connectivity index (χ4v) is 2.68. The van der Waals surface area contributed by atoms with E-state index in [9.17, 15) is 0 Å². The topological polar surface area (TPSA) is 27.7 Å². The number of rotatable bonds is 8. The lowest BCUT2D eigenvalue weighted by atomic mass is 10.0. The molecular formula is C17H29N3O. The van der Waals surface area contributed by atoms with Crippen molar-refractivity contribution >= 4 is 0 Å². The van der Waals surface area contributed by atoms with Crippen molar-refractivity contribution < 1.29 is 4.74 Å². The van der Waals surface area contributed by atoms with Gasteiger partial charge in [-0.15, -0.1) is 0 Å². The quantitative estimate of drug-likeness (QED) is 0.726. The van der Waals surface area contributed by atoms with Crippen molar-refractivity contribution in [1.82, 2.24) is 15.1 Å². The van der Waals surface area contributed by atoms with Gasteiger partial charge in [0.25, 0.3) is 0 Å². The zero-order valence-electron chi connectivity index (χ0n) is 13.4. The molecule has 2 rings (SSSR count). The van der Waals surface area contributed by atoms with Gasteiger partial charge >= 0.3 is 0 Å². The molecular weight excluding hydrogens is 262 g/mol. The van der Waals surface area contributed by atoms with E-state index in [4.69, 9.17) is 4.74 Å². The molecule has 118 valence electrons. The average Bonchev–Trinajstić information content (AvgIpc) is 2.48. The molecule has 1 unspecified atom stereocenters. The first-order valence-corrected chi connectivity index (χ1v) is 7.96. The molecule has 1 saturated heterocycles. The number of hydrogen-bond acceptors (Lipinski definition) is 4. The Balaban J connectivity index is 1.64. The molecule has 0 aromatic heterocycles. The molecule has 0 radical (unpaired) electrons. The highest BCUT2D eigenvalue weighted by Gasteiger charge is 2.18. The fraction of sp³-hybridized carbons (Fsp3) is 0.647. The smallest absolute Gasteiger partial charge is 0.0594 e. The van der Waals surface area contributed by atoms with Gasteiger partial charge in [-0.05, 0) is 26.1 Å². The minimum absolute atomic E-state index is 0.558. The lowest BCUT2D eigenvalue weighted by Crippen LogP contribution is -2.52. The van der Waals surface area contributed by atoms with E-state index in [0.717, 1.165) is 52.4 Å². The molecule has 1 aromatic rings. The maximum atomic E-state index is 5.70. The molecule has 1 atom stereocenters. The van der Waals surface area contributed by atoms with Crippen molar-refractivity contribution in [3.63, 3.8) is 0 Å².